The average Bonchev–Trinajstić information content (AvgIpc) is 2.63. The van der Waals surface area contributed by atoms with Crippen molar-refractivity contribution in [2.24, 2.45) is 5.92 Å². The van der Waals surface area contributed by atoms with Gasteiger partial charge in [0.2, 0.25) is 0 Å². The minimum Gasteiger partial charge on any atom is -0.461 e. The van der Waals surface area contributed by atoms with E-state index < -0.39 is 35.6 Å². The fourth-order valence-electron chi connectivity index (χ4n) is 2.28. The fraction of sp³-hybridized carbons (Fsp3) is 0.381. The minimum absolute atomic E-state index is 0.0853. The Morgan fingerprint density at radius 3 is 1.93 bits per heavy atom. The molecule has 1 N–H and O–H groups in total. The van der Waals surface area contributed by atoms with Crippen LogP contribution < -0.4 is 5.32 Å². The second-order valence-corrected chi connectivity index (χ2v) is 6.85. The summed E-state index contributed by atoms with van der Waals surface area (Å²) < 4.78 is 15.4. The van der Waals surface area contributed by atoms with E-state index in [1.165, 1.54) is 12.2 Å². The third-order valence-corrected chi connectivity index (χ3v) is 3.36. The second-order valence-electron chi connectivity index (χ2n) is 6.85. The molecule has 0 unspecified atom stereocenters. The summed E-state index contributed by atoms with van der Waals surface area (Å²) in [6, 6.07) is 7.52. The van der Waals surface area contributed by atoms with Crippen molar-refractivity contribution in [2.75, 3.05) is 13.2 Å². The molecule has 1 aromatic rings. The molecule has 0 aliphatic carbocycles. The molecule has 7 heteroatoms. The molecule has 0 fully saturated rings. The summed E-state index contributed by atoms with van der Waals surface area (Å²) in [6.45, 7) is 11.9. The van der Waals surface area contributed by atoms with Crippen molar-refractivity contribution < 1.29 is 28.6 Å². The van der Waals surface area contributed by atoms with Gasteiger partial charge in [-0.2, -0.15) is 0 Å². The number of carbonyl (C=O) groups excluding carboxylic acids is 3. The van der Waals surface area contributed by atoms with Crippen LogP contribution in [0.25, 0.3) is 0 Å². The van der Waals surface area contributed by atoms with Gasteiger partial charge in [0, 0.05) is 0 Å². The smallest absolute Gasteiger partial charge is 0.408 e. The highest BCUT2D eigenvalue weighted by atomic mass is 16.6. The highest BCUT2D eigenvalue weighted by Gasteiger charge is 2.40. The third-order valence-electron chi connectivity index (χ3n) is 3.36. The quantitative estimate of drug-likeness (QED) is 0.301. The fourth-order valence-corrected chi connectivity index (χ4v) is 2.28. The number of amides is 1. The van der Waals surface area contributed by atoms with Crippen molar-refractivity contribution in [3.8, 4) is 0 Å². The molecule has 1 aromatic carbocycles. The first-order valence-corrected chi connectivity index (χ1v) is 8.79. The number of nitrogens with one attached hydrogen (secondary N) is 1. The minimum atomic E-state index is -1.44. The van der Waals surface area contributed by atoms with Gasteiger partial charge in [-0.3, -0.25) is 9.59 Å². The summed E-state index contributed by atoms with van der Waals surface area (Å²) in [5.74, 6) is -3.13. The Hall–Kier alpha value is -3.09. The lowest BCUT2D eigenvalue weighted by Gasteiger charge is -2.27. The summed E-state index contributed by atoms with van der Waals surface area (Å²) >= 11 is 0. The van der Waals surface area contributed by atoms with Crippen LogP contribution in [0.15, 0.2) is 55.6 Å². The molecule has 0 aliphatic rings. The summed E-state index contributed by atoms with van der Waals surface area (Å²) in [5, 5.41) is 2.59. The van der Waals surface area contributed by atoms with Crippen LogP contribution in [-0.2, 0) is 23.8 Å². The molecular formula is C21H27NO6. The van der Waals surface area contributed by atoms with E-state index in [1.54, 1.807) is 51.1 Å². The van der Waals surface area contributed by atoms with Gasteiger partial charge in [-0.15, -0.1) is 0 Å². The van der Waals surface area contributed by atoms with E-state index in [4.69, 9.17) is 14.2 Å². The Bertz CT molecular complexity index is 669. The van der Waals surface area contributed by atoms with Crippen LogP contribution in [0.5, 0.6) is 0 Å². The SMILES string of the molecule is C=CCOC(=O)C(C(=O)OCC=C)[C@H](NC(=O)OC(C)(C)C)c1ccccc1. The third kappa shape index (κ3) is 7.65. The van der Waals surface area contributed by atoms with Crippen LogP contribution in [0, 0.1) is 5.92 Å². The Kier molecular flexibility index (Phi) is 8.95. The zero-order chi connectivity index (χ0) is 21.2. The van der Waals surface area contributed by atoms with E-state index in [9.17, 15) is 14.4 Å². The number of hydrogen-bond acceptors (Lipinski definition) is 6. The Labute approximate surface area is 165 Å². The number of ether oxygens (including phenoxy) is 3. The van der Waals surface area contributed by atoms with E-state index in [1.807, 2.05) is 0 Å². The molecule has 0 saturated heterocycles. The lowest BCUT2D eigenvalue weighted by Crippen LogP contribution is -2.44. The molecule has 28 heavy (non-hydrogen) atoms. The van der Waals surface area contributed by atoms with Gasteiger partial charge in [0.05, 0.1) is 6.04 Å². The van der Waals surface area contributed by atoms with Gasteiger partial charge in [-0.05, 0) is 26.3 Å². The Morgan fingerprint density at radius 1 is 1.00 bits per heavy atom. The van der Waals surface area contributed by atoms with Gasteiger partial charge in [0.1, 0.15) is 18.8 Å². The number of alkyl carbamates (subject to hydrolysis) is 1. The van der Waals surface area contributed by atoms with Crippen LogP contribution in [-0.4, -0.2) is 36.8 Å². The topological polar surface area (TPSA) is 90.9 Å². The zero-order valence-electron chi connectivity index (χ0n) is 16.5. The van der Waals surface area contributed by atoms with Crippen LogP contribution in [0.2, 0.25) is 0 Å². The number of carbonyl (C=O) groups is 3. The molecule has 1 atom stereocenters. The van der Waals surface area contributed by atoms with Crippen molar-refractivity contribution in [3.63, 3.8) is 0 Å². The van der Waals surface area contributed by atoms with Crippen LogP contribution >= 0.6 is 0 Å². The lowest BCUT2D eigenvalue weighted by atomic mass is 9.93. The van der Waals surface area contributed by atoms with Gasteiger partial charge in [-0.25, -0.2) is 4.79 Å². The number of esters is 2. The van der Waals surface area contributed by atoms with Crippen LogP contribution in [0.4, 0.5) is 4.79 Å². The van der Waals surface area contributed by atoms with E-state index in [2.05, 4.69) is 18.5 Å². The van der Waals surface area contributed by atoms with Gasteiger partial charge >= 0.3 is 18.0 Å². The highest BCUT2D eigenvalue weighted by molar-refractivity contribution is 5.96. The average molecular weight is 389 g/mol. The van der Waals surface area contributed by atoms with Gasteiger partial charge < -0.3 is 19.5 Å². The van der Waals surface area contributed by atoms with Crippen molar-refractivity contribution in [2.45, 2.75) is 32.4 Å². The second kappa shape index (κ2) is 10.9. The maximum absolute atomic E-state index is 12.6. The van der Waals surface area contributed by atoms with Crippen molar-refractivity contribution in [1.82, 2.24) is 5.32 Å². The predicted octanol–water partition coefficient (Wildman–Crippen LogP) is 3.33. The van der Waals surface area contributed by atoms with E-state index in [-0.39, 0.29) is 13.2 Å². The standard InChI is InChI=1S/C21H27NO6/c1-6-13-26-18(23)16(19(24)27-14-7-2)17(15-11-9-8-10-12-15)22-20(25)28-21(3,4)5/h6-12,16-17H,1-2,13-14H2,3-5H3,(H,22,25)/t17-/m1/s1. The monoisotopic (exact) mass is 389 g/mol. The number of rotatable bonds is 9. The molecule has 7 nitrogen and oxygen atoms in total. The Morgan fingerprint density at radius 2 is 1.50 bits per heavy atom. The molecule has 152 valence electrons. The van der Waals surface area contributed by atoms with E-state index in [0.29, 0.717) is 5.56 Å². The number of benzene rings is 1. The molecule has 0 aliphatic heterocycles. The van der Waals surface area contributed by atoms with E-state index >= 15 is 0 Å². The summed E-state index contributed by atoms with van der Waals surface area (Å²) in [4.78, 5) is 37.5. The lowest BCUT2D eigenvalue weighted by molar-refractivity contribution is -0.162. The molecule has 0 bridgehead atoms. The van der Waals surface area contributed by atoms with Crippen molar-refractivity contribution in [3.05, 3.63) is 61.2 Å². The summed E-state index contributed by atoms with van der Waals surface area (Å²) in [6.07, 6.45) is 1.98. The van der Waals surface area contributed by atoms with Gasteiger partial charge in [0.15, 0.2) is 5.92 Å². The zero-order valence-corrected chi connectivity index (χ0v) is 16.5. The number of hydrogen-bond donors (Lipinski definition) is 1. The van der Waals surface area contributed by atoms with Crippen LogP contribution in [0.3, 0.4) is 0 Å². The molecule has 1 rings (SSSR count). The van der Waals surface area contributed by atoms with Gasteiger partial charge in [-0.1, -0.05) is 55.6 Å². The molecule has 0 aromatic heterocycles. The van der Waals surface area contributed by atoms with Crippen molar-refractivity contribution in [1.29, 1.82) is 0 Å². The molecular weight excluding hydrogens is 362 g/mol. The van der Waals surface area contributed by atoms with E-state index in [0.717, 1.165) is 0 Å². The van der Waals surface area contributed by atoms with Gasteiger partial charge in [0.25, 0.3) is 0 Å². The normalized spacial score (nSPS) is 11.9. The maximum atomic E-state index is 12.6. The predicted molar refractivity (Wildman–Crippen MR) is 104 cm³/mol. The summed E-state index contributed by atoms with van der Waals surface area (Å²) in [7, 11) is 0. The molecule has 0 heterocycles. The molecule has 0 saturated carbocycles. The van der Waals surface area contributed by atoms with Crippen LogP contribution in [0.1, 0.15) is 32.4 Å². The van der Waals surface area contributed by atoms with Crippen molar-refractivity contribution >= 4 is 18.0 Å². The highest BCUT2D eigenvalue weighted by Crippen LogP contribution is 2.26. The maximum Gasteiger partial charge on any atom is 0.408 e. The first-order valence-electron chi connectivity index (χ1n) is 8.79. The largest absolute Gasteiger partial charge is 0.461 e. The Balaban J connectivity index is 3.25. The molecule has 0 spiro atoms. The first kappa shape index (κ1) is 23.0. The summed E-state index contributed by atoms with van der Waals surface area (Å²) in [5.41, 5.74) is -0.238. The first-order chi connectivity index (χ1) is 13.2. The molecule has 0 radical (unpaired) electrons. The molecule has 1 amide bonds.